The quantitative estimate of drug-likeness (QED) is 0.759. The van der Waals surface area contributed by atoms with Gasteiger partial charge in [0.25, 0.3) is 0 Å². The van der Waals surface area contributed by atoms with E-state index in [0.29, 0.717) is 17.2 Å². The van der Waals surface area contributed by atoms with E-state index in [1.807, 2.05) is 0 Å². The van der Waals surface area contributed by atoms with Gasteiger partial charge in [-0.3, -0.25) is 0 Å². The molecule has 2 aromatic carbocycles. The Morgan fingerprint density at radius 2 is 2.00 bits per heavy atom. The van der Waals surface area contributed by atoms with Crippen LogP contribution in [0.4, 0.5) is 5.69 Å². The van der Waals surface area contributed by atoms with Gasteiger partial charge >= 0.3 is 0 Å². The Balaban J connectivity index is 1.59. The van der Waals surface area contributed by atoms with Gasteiger partial charge in [-0.1, -0.05) is 12.1 Å². The van der Waals surface area contributed by atoms with Crippen LogP contribution in [-0.2, 0) is 26.6 Å². The number of fused-ring (bicyclic) bond motifs is 3. The maximum Gasteiger partial charge on any atom is 0.244 e. The molecule has 0 spiro atoms. The number of anilines is 1. The van der Waals surface area contributed by atoms with Crippen molar-refractivity contribution in [3.8, 4) is 11.5 Å². The first kappa shape index (κ1) is 19.2. The summed E-state index contributed by atoms with van der Waals surface area (Å²) in [6.45, 7) is 0.963. The molecule has 10 heteroatoms. The Bertz CT molecular complexity index is 1120. The highest BCUT2D eigenvalue weighted by Gasteiger charge is 2.37. The van der Waals surface area contributed by atoms with Crippen LogP contribution in [0.1, 0.15) is 18.4 Å². The van der Waals surface area contributed by atoms with E-state index in [0.717, 1.165) is 31.2 Å². The largest absolute Gasteiger partial charge is 0.457 e. The lowest BCUT2D eigenvalue weighted by atomic mass is 10.2. The van der Waals surface area contributed by atoms with Crippen LogP contribution in [0.2, 0.25) is 0 Å². The number of hydrogen-bond donors (Lipinski definition) is 2. The van der Waals surface area contributed by atoms with Crippen LogP contribution >= 0.6 is 0 Å². The minimum Gasteiger partial charge on any atom is -0.457 e. The molecule has 0 radical (unpaired) electrons. The summed E-state index contributed by atoms with van der Waals surface area (Å²) >= 11 is 0. The Kier molecular flexibility index (Phi) is 4.82. The number of rotatable bonds is 5. The Morgan fingerprint density at radius 3 is 2.79 bits per heavy atom. The zero-order valence-corrected chi connectivity index (χ0v) is 16.9. The second kappa shape index (κ2) is 7.03. The van der Waals surface area contributed by atoms with Crippen LogP contribution in [0, 0.1) is 0 Å². The van der Waals surface area contributed by atoms with Crippen molar-refractivity contribution in [2.45, 2.75) is 30.4 Å². The highest BCUT2D eigenvalue weighted by atomic mass is 32.2. The minimum absolute atomic E-state index is 0.148. The first-order valence-electron chi connectivity index (χ1n) is 8.86. The molecule has 0 aliphatic carbocycles. The van der Waals surface area contributed by atoms with E-state index < -0.39 is 20.0 Å². The second-order valence-electron chi connectivity index (χ2n) is 6.94. The lowest BCUT2D eigenvalue weighted by molar-refractivity contribution is 0.478. The standard InChI is InChI=1S/C18H21N3O5S2/c1-27(22,23)19-12-13-4-2-5-14(10-13)26-15-7-8-16-17(11-15)28(24,25)20-18-6-3-9-21(16)18/h2,4-5,7-8,10-11,18-20H,3,6,9,12H2,1H3. The minimum atomic E-state index is -3.59. The molecule has 4 rings (SSSR count). The smallest absolute Gasteiger partial charge is 0.244 e. The Hall–Kier alpha value is -2.14. The van der Waals surface area contributed by atoms with Crippen LogP contribution in [-0.4, -0.2) is 35.8 Å². The molecule has 2 N–H and O–H groups in total. The van der Waals surface area contributed by atoms with Crippen molar-refractivity contribution in [1.29, 1.82) is 0 Å². The van der Waals surface area contributed by atoms with Gasteiger partial charge in [0, 0.05) is 19.2 Å². The zero-order valence-electron chi connectivity index (χ0n) is 15.3. The summed E-state index contributed by atoms with van der Waals surface area (Å²) in [4.78, 5) is 2.27. The van der Waals surface area contributed by atoms with Gasteiger partial charge in [0.2, 0.25) is 20.0 Å². The monoisotopic (exact) mass is 423 g/mol. The van der Waals surface area contributed by atoms with Crippen molar-refractivity contribution in [2.24, 2.45) is 0 Å². The topological polar surface area (TPSA) is 105 Å². The fourth-order valence-electron chi connectivity index (χ4n) is 3.50. The molecule has 1 atom stereocenters. The normalized spacial score (nSPS) is 20.5. The van der Waals surface area contributed by atoms with Gasteiger partial charge in [-0.15, -0.1) is 0 Å². The van der Waals surface area contributed by atoms with Crippen molar-refractivity contribution in [2.75, 3.05) is 17.7 Å². The molecule has 0 amide bonds. The summed E-state index contributed by atoms with van der Waals surface area (Å²) < 4.78 is 58.7. The SMILES string of the molecule is CS(=O)(=O)NCc1cccc(Oc2ccc3c(c2)S(=O)(=O)NC2CCCN32)c1. The zero-order chi connectivity index (χ0) is 19.9. The molecule has 1 saturated heterocycles. The fourth-order valence-corrected chi connectivity index (χ4v) is 5.39. The summed E-state index contributed by atoms with van der Waals surface area (Å²) in [6, 6.07) is 12.0. The predicted molar refractivity (Wildman–Crippen MR) is 105 cm³/mol. The molecule has 2 aromatic rings. The van der Waals surface area contributed by atoms with Crippen LogP contribution < -0.4 is 19.1 Å². The molecule has 8 nitrogen and oxygen atoms in total. The van der Waals surface area contributed by atoms with Crippen molar-refractivity contribution in [3.63, 3.8) is 0 Å². The highest BCUT2D eigenvalue weighted by molar-refractivity contribution is 7.89. The summed E-state index contributed by atoms with van der Waals surface area (Å²) in [5, 5.41) is 0. The second-order valence-corrected chi connectivity index (χ2v) is 10.5. The lowest BCUT2D eigenvalue weighted by Gasteiger charge is -2.33. The van der Waals surface area contributed by atoms with E-state index in [-0.39, 0.29) is 17.6 Å². The van der Waals surface area contributed by atoms with Crippen molar-refractivity contribution in [1.82, 2.24) is 9.44 Å². The first-order chi connectivity index (χ1) is 13.2. The maximum atomic E-state index is 12.6. The molecule has 0 aromatic heterocycles. The third-order valence-corrected chi connectivity index (χ3v) is 6.90. The number of sulfonamides is 2. The molecular formula is C18H21N3O5S2. The number of ether oxygens (including phenoxy) is 1. The summed E-state index contributed by atoms with van der Waals surface area (Å²) in [5.41, 5.74) is 1.43. The van der Waals surface area contributed by atoms with Crippen LogP contribution in [0.25, 0.3) is 0 Å². The van der Waals surface area contributed by atoms with Crippen molar-refractivity contribution < 1.29 is 21.6 Å². The molecule has 2 aliphatic heterocycles. The Morgan fingerprint density at radius 1 is 1.21 bits per heavy atom. The van der Waals surface area contributed by atoms with Crippen LogP contribution in [0.5, 0.6) is 11.5 Å². The van der Waals surface area contributed by atoms with Gasteiger partial charge in [-0.2, -0.15) is 4.72 Å². The Labute approximate surface area is 164 Å². The third kappa shape index (κ3) is 4.00. The number of nitrogens with zero attached hydrogens (tertiary/aromatic N) is 1. The number of nitrogens with one attached hydrogen (secondary N) is 2. The first-order valence-corrected chi connectivity index (χ1v) is 12.2. The molecule has 150 valence electrons. The maximum absolute atomic E-state index is 12.6. The summed E-state index contributed by atoms with van der Waals surface area (Å²) in [5.74, 6) is 0.892. The van der Waals surface area contributed by atoms with E-state index in [4.69, 9.17) is 4.74 Å². The predicted octanol–water partition coefficient (Wildman–Crippen LogP) is 1.75. The van der Waals surface area contributed by atoms with E-state index in [1.54, 1.807) is 36.4 Å². The highest BCUT2D eigenvalue weighted by Crippen LogP contribution is 2.38. The summed E-state index contributed by atoms with van der Waals surface area (Å²) in [7, 11) is -6.89. The van der Waals surface area contributed by atoms with Gasteiger partial charge in [0.15, 0.2) is 0 Å². The third-order valence-electron chi connectivity index (χ3n) is 4.75. The molecule has 1 unspecified atom stereocenters. The van der Waals surface area contributed by atoms with E-state index in [9.17, 15) is 16.8 Å². The molecular weight excluding hydrogens is 402 g/mol. The van der Waals surface area contributed by atoms with Gasteiger partial charge in [-0.25, -0.2) is 21.6 Å². The number of benzene rings is 2. The van der Waals surface area contributed by atoms with Gasteiger partial charge in [0.1, 0.15) is 16.4 Å². The van der Waals surface area contributed by atoms with Crippen LogP contribution in [0.3, 0.4) is 0 Å². The summed E-state index contributed by atoms with van der Waals surface area (Å²) in [6.07, 6.45) is 2.66. The van der Waals surface area contributed by atoms with Crippen molar-refractivity contribution >= 4 is 25.7 Å². The molecule has 0 bridgehead atoms. The lowest BCUT2D eigenvalue weighted by Crippen LogP contribution is -2.48. The van der Waals surface area contributed by atoms with Gasteiger partial charge in [0.05, 0.1) is 18.1 Å². The fraction of sp³-hybridized carbons (Fsp3) is 0.333. The average Bonchev–Trinajstić information content (AvgIpc) is 3.07. The molecule has 2 heterocycles. The average molecular weight is 424 g/mol. The van der Waals surface area contributed by atoms with E-state index >= 15 is 0 Å². The van der Waals surface area contributed by atoms with E-state index in [2.05, 4.69) is 14.3 Å². The molecule has 0 saturated carbocycles. The number of hydrogen-bond acceptors (Lipinski definition) is 6. The van der Waals surface area contributed by atoms with Crippen LogP contribution in [0.15, 0.2) is 47.4 Å². The molecule has 1 fully saturated rings. The van der Waals surface area contributed by atoms with E-state index in [1.165, 1.54) is 6.07 Å². The molecule has 2 aliphatic rings. The molecule has 28 heavy (non-hydrogen) atoms. The van der Waals surface area contributed by atoms with Gasteiger partial charge in [-0.05, 0) is 42.7 Å². The van der Waals surface area contributed by atoms with Gasteiger partial charge < -0.3 is 9.64 Å². The van der Waals surface area contributed by atoms with Crippen molar-refractivity contribution in [3.05, 3.63) is 48.0 Å².